The Morgan fingerprint density at radius 1 is 1.08 bits per heavy atom. The number of benzene rings is 2. The van der Waals surface area contributed by atoms with Crippen LogP contribution in [0.3, 0.4) is 0 Å². The number of carbonyl (C=O) groups is 3. The standard InChI is InChI=1S/C18H17N3O4/c1-11-6-2-3-7-12(11)17(23)21-20-16(22)10-15-18(24)19-13-8-4-5-9-14(13)25-15/h2-9,15H,10H2,1H3,(H,19,24)(H,20,22)(H,21,23)/t15-/m0/s1. The number of amides is 3. The first-order valence-corrected chi connectivity index (χ1v) is 7.76. The molecule has 2 aromatic rings. The Morgan fingerprint density at radius 2 is 1.80 bits per heavy atom. The van der Waals surface area contributed by atoms with Crippen LogP contribution in [-0.4, -0.2) is 23.8 Å². The largest absolute Gasteiger partial charge is 0.478 e. The molecule has 0 bridgehead atoms. The molecule has 0 spiro atoms. The summed E-state index contributed by atoms with van der Waals surface area (Å²) in [5.74, 6) is -0.852. The summed E-state index contributed by atoms with van der Waals surface area (Å²) in [5.41, 5.74) is 6.46. The fourth-order valence-corrected chi connectivity index (χ4v) is 2.47. The van der Waals surface area contributed by atoms with Gasteiger partial charge in [0, 0.05) is 5.56 Å². The van der Waals surface area contributed by atoms with E-state index in [1.54, 1.807) is 49.4 Å². The molecule has 0 aromatic heterocycles. The lowest BCUT2D eigenvalue weighted by Crippen LogP contribution is -2.46. The van der Waals surface area contributed by atoms with Crippen molar-refractivity contribution in [3.8, 4) is 5.75 Å². The lowest BCUT2D eigenvalue weighted by molar-refractivity contribution is -0.130. The normalized spacial score (nSPS) is 15.4. The molecule has 0 aliphatic carbocycles. The molecule has 1 aliphatic rings. The van der Waals surface area contributed by atoms with E-state index in [-0.39, 0.29) is 6.42 Å². The highest BCUT2D eigenvalue weighted by atomic mass is 16.5. The molecule has 0 unspecified atom stereocenters. The van der Waals surface area contributed by atoms with Gasteiger partial charge in [0.05, 0.1) is 12.1 Å². The van der Waals surface area contributed by atoms with Crippen molar-refractivity contribution >= 4 is 23.4 Å². The van der Waals surface area contributed by atoms with Crippen molar-refractivity contribution in [2.24, 2.45) is 0 Å². The zero-order valence-electron chi connectivity index (χ0n) is 13.5. The van der Waals surface area contributed by atoms with E-state index < -0.39 is 23.8 Å². The predicted molar refractivity (Wildman–Crippen MR) is 90.9 cm³/mol. The number of carbonyl (C=O) groups excluding carboxylic acids is 3. The third kappa shape index (κ3) is 3.77. The maximum Gasteiger partial charge on any atom is 0.269 e. The van der Waals surface area contributed by atoms with Crippen LogP contribution >= 0.6 is 0 Å². The molecule has 0 fully saturated rings. The molecule has 0 saturated heterocycles. The molecular weight excluding hydrogens is 322 g/mol. The fourth-order valence-electron chi connectivity index (χ4n) is 2.47. The van der Waals surface area contributed by atoms with Crippen LogP contribution in [0.4, 0.5) is 5.69 Å². The second-order valence-electron chi connectivity index (χ2n) is 5.61. The van der Waals surface area contributed by atoms with E-state index in [0.29, 0.717) is 17.0 Å². The van der Waals surface area contributed by atoms with Gasteiger partial charge in [-0.05, 0) is 30.7 Å². The molecule has 0 saturated carbocycles. The number of ether oxygens (including phenoxy) is 1. The number of hydrazine groups is 1. The molecule has 1 heterocycles. The van der Waals surface area contributed by atoms with Gasteiger partial charge in [-0.1, -0.05) is 30.3 Å². The van der Waals surface area contributed by atoms with Gasteiger partial charge in [0.2, 0.25) is 5.91 Å². The molecule has 3 N–H and O–H groups in total. The van der Waals surface area contributed by atoms with E-state index >= 15 is 0 Å². The van der Waals surface area contributed by atoms with Gasteiger partial charge >= 0.3 is 0 Å². The number of rotatable bonds is 3. The van der Waals surface area contributed by atoms with Gasteiger partial charge in [0.25, 0.3) is 11.8 Å². The zero-order valence-corrected chi connectivity index (χ0v) is 13.5. The third-order valence-corrected chi connectivity index (χ3v) is 3.78. The quantitative estimate of drug-likeness (QED) is 0.739. The summed E-state index contributed by atoms with van der Waals surface area (Å²) in [6, 6.07) is 14.0. The Bertz CT molecular complexity index is 835. The second-order valence-corrected chi connectivity index (χ2v) is 5.61. The van der Waals surface area contributed by atoms with Crippen molar-refractivity contribution in [1.82, 2.24) is 10.9 Å². The van der Waals surface area contributed by atoms with Gasteiger partial charge in [-0.15, -0.1) is 0 Å². The molecule has 7 heteroatoms. The summed E-state index contributed by atoms with van der Waals surface area (Å²) in [4.78, 5) is 36.1. The molecule has 25 heavy (non-hydrogen) atoms. The van der Waals surface area contributed by atoms with Crippen LogP contribution in [0.5, 0.6) is 5.75 Å². The van der Waals surface area contributed by atoms with E-state index in [4.69, 9.17) is 4.74 Å². The average molecular weight is 339 g/mol. The monoisotopic (exact) mass is 339 g/mol. The molecule has 1 atom stereocenters. The van der Waals surface area contributed by atoms with E-state index in [1.165, 1.54) is 0 Å². The van der Waals surface area contributed by atoms with Crippen molar-refractivity contribution in [2.45, 2.75) is 19.4 Å². The number of hydrogen-bond acceptors (Lipinski definition) is 4. The smallest absolute Gasteiger partial charge is 0.269 e. The Balaban J connectivity index is 1.56. The summed E-state index contributed by atoms with van der Waals surface area (Å²) < 4.78 is 5.54. The van der Waals surface area contributed by atoms with Crippen LogP contribution in [0, 0.1) is 6.92 Å². The topological polar surface area (TPSA) is 96.5 Å². The van der Waals surface area contributed by atoms with Gasteiger partial charge in [-0.2, -0.15) is 0 Å². The number of para-hydroxylation sites is 2. The zero-order chi connectivity index (χ0) is 17.8. The molecule has 3 rings (SSSR count). The molecule has 7 nitrogen and oxygen atoms in total. The predicted octanol–water partition coefficient (Wildman–Crippen LogP) is 1.55. The highest BCUT2D eigenvalue weighted by molar-refractivity contribution is 6.00. The third-order valence-electron chi connectivity index (χ3n) is 3.78. The van der Waals surface area contributed by atoms with E-state index in [0.717, 1.165) is 5.56 Å². The van der Waals surface area contributed by atoms with Crippen LogP contribution in [0.15, 0.2) is 48.5 Å². The maximum atomic E-state index is 12.1. The Hall–Kier alpha value is -3.35. The van der Waals surface area contributed by atoms with Crippen molar-refractivity contribution in [2.75, 3.05) is 5.32 Å². The lowest BCUT2D eigenvalue weighted by Gasteiger charge is -2.25. The van der Waals surface area contributed by atoms with Crippen molar-refractivity contribution in [3.05, 3.63) is 59.7 Å². The van der Waals surface area contributed by atoms with Crippen LogP contribution < -0.4 is 20.9 Å². The molecular formula is C18H17N3O4. The maximum absolute atomic E-state index is 12.1. The fraction of sp³-hybridized carbons (Fsp3) is 0.167. The van der Waals surface area contributed by atoms with Gasteiger partial charge in [-0.25, -0.2) is 0 Å². The SMILES string of the molecule is Cc1ccccc1C(=O)NNC(=O)C[C@@H]1Oc2ccccc2NC1=O. The van der Waals surface area contributed by atoms with Crippen LogP contribution in [0.1, 0.15) is 22.3 Å². The average Bonchev–Trinajstić information content (AvgIpc) is 2.61. The highest BCUT2D eigenvalue weighted by Crippen LogP contribution is 2.29. The molecule has 3 amide bonds. The van der Waals surface area contributed by atoms with Gasteiger partial charge in [-0.3, -0.25) is 25.2 Å². The Labute approximate surface area is 144 Å². The number of hydrogen-bond donors (Lipinski definition) is 3. The van der Waals surface area contributed by atoms with Crippen molar-refractivity contribution in [3.63, 3.8) is 0 Å². The summed E-state index contributed by atoms with van der Waals surface area (Å²) in [6.07, 6.45) is -1.17. The molecule has 2 aromatic carbocycles. The Kier molecular flexibility index (Phi) is 4.65. The van der Waals surface area contributed by atoms with Crippen molar-refractivity contribution < 1.29 is 19.1 Å². The van der Waals surface area contributed by atoms with Gasteiger partial charge < -0.3 is 10.1 Å². The summed E-state index contributed by atoms with van der Waals surface area (Å²) in [7, 11) is 0. The van der Waals surface area contributed by atoms with E-state index in [9.17, 15) is 14.4 Å². The minimum Gasteiger partial charge on any atom is -0.478 e. The minimum absolute atomic E-state index is 0.214. The number of anilines is 1. The second kappa shape index (κ2) is 7.04. The first kappa shape index (κ1) is 16.5. The minimum atomic E-state index is -0.953. The summed E-state index contributed by atoms with van der Waals surface area (Å²) in [5, 5.41) is 2.68. The lowest BCUT2D eigenvalue weighted by atomic mass is 10.1. The highest BCUT2D eigenvalue weighted by Gasteiger charge is 2.29. The molecule has 1 aliphatic heterocycles. The van der Waals surface area contributed by atoms with E-state index in [1.807, 2.05) is 6.07 Å². The van der Waals surface area contributed by atoms with Crippen molar-refractivity contribution in [1.29, 1.82) is 0 Å². The van der Waals surface area contributed by atoms with Crippen LogP contribution in [-0.2, 0) is 9.59 Å². The first-order valence-electron chi connectivity index (χ1n) is 7.76. The number of fused-ring (bicyclic) bond motifs is 1. The van der Waals surface area contributed by atoms with Gasteiger partial charge in [0.15, 0.2) is 6.10 Å². The molecule has 0 radical (unpaired) electrons. The summed E-state index contributed by atoms with van der Waals surface area (Å²) in [6.45, 7) is 1.80. The Morgan fingerprint density at radius 3 is 2.60 bits per heavy atom. The first-order chi connectivity index (χ1) is 12.0. The summed E-state index contributed by atoms with van der Waals surface area (Å²) >= 11 is 0. The van der Waals surface area contributed by atoms with E-state index in [2.05, 4.69) is 16.2 Å². The van der Waals surface area contributed by atoms with Crippen LogP contribution in [0.25, 0.3) is 0 Å². The van der Waals surface area contributed by atoms with Crippen LogP contribution in [0.2, 0.25) is 0 Å². The molecule has 128 valence electrons. The van der Waals surface area contributed by atoms with Gasteiger partial charge in [0.1, 0.15) is 5.75 Å². The number of nitrogens with one attached hydrogen (secondary N) is 3. The number of aryl methyl sites for hydroxylation is 1.